The van der Waals surface area contributed by atoms with Crippen molar-refractivity contribution in [2.24, 2.45) is 5.92 Å². The maximum Gasteiger partial charge on any atom is 0.117 e. The Kier molecular flexibility index (Phi) is 3.36. The van der Waals surface area contributed by atoms with E-state index in [0.717, 1.165) is 31.7 Å². The molecule has 0 radical (unpaired) electrons. The predicted octanol–water partition coefficient (Wildman–Crippen LogP) is 2.26. The standard InChI is InChI=1S/C13H21NO2/c1-13(2)8-11(5-6-15)9-14(13)10-12-4-3-7-16-12/h3-4,7,11,15H,5-6,8-10H2,1-2H3. The van der Waals surface area contributed by atoms with Crippen LogP contribution in [0.15, 0.2) is 22.8 Å². The van der Waals surface area contributed by atoms with E-state index in [1.165, 1.54) is 0 Å². The lowest BCUT2D eigenvalue weighted by atomic mass is 9.94. The minimum atomic E-state index is 0.215. The number of hydrogen-bond donors (Lipinski definition) is 1. The lowest BCUT2D eigenvalue weighted by Crippen LogP contribution is -2.37. The molecule has 1 atom stereocenters. The van der Waals surface area contributed by atoms with Crippen LogP contribution in [0.3, 0.4) is 0 Å². The normalized spacial score (nSPS) is 25.1. The van der Waals surface area contributed by atoms with Crippen molar-refractivity contribution in [1.29, 1.82) is 0 Å². The first-order chi connectivity index (χ1) is 7.62. The van der Waals surface area contributed by atoms with Crippen molar-refractivity contribution in [2.75, 3.05) is 13.2 Å². The van der Waals surface area contributed by atoms with Gasteiger partial charge in [0, 0.05) is 18.7 Å². The van der Waals surface area contributed by atoms with Gasteiger partial charge in [0.25, 0.3) is 0 Å². The van der Waals surface area contributed by atoms with E-state index in [4.69, 9.17) is 9.52 Å². The molecule has 0 bridgehead atoms. The molecule has 1 aliphatic heterocycles. The molecule has 3 nitrogen and oxygen atoms in total. The molecule has 90 valence electrons. The van der Waals surface area contributed by atoms with E-state index in [-0.39, 0.29) is 5.54 Å². The second-order valence-electron chi connectivity index (χ2n) is 5.35. The van der Waals surface area contributed by atoms with Crippen LogP contribution in [0.4, 0.5) is 0 Å². The van der Waals surface area contributed by atoms with Crippen LogP contribution in [0.25, 0.3) is 0 Å². The second kappa shape index (κ2) is 4.60. The SMILES string of the molecule is CC1(C)CC(CCO)CN1Cc1ccco1. The lowest BCUT2D eigenvalue weighted by molar-refractivity contribution is 0.153. The maximum atomic E-state index is 9.00. The molecule has 2 heterocycles. The van der Waals surface area contributed by atoms with Crippen molar-refractivity contribution in [3.05, 3.63) is 24.2 Å². The number of hydrogen-bond acceptors (Lipinski definition) is 3. The molecule has 3 heteroatoms. The summed E-state index contributed by atoms with van der Waals surface area (Å²) < 4.78 is 5.39. The Morgan fingerprint density at radius 3 is 3.00 bits per heavy atom. The van der Waals surface area contributed by atoms with Crippen molar-refractivity contribution in [3.8, 4) is 0 Å². The van der Waals surface area contributed by atoms with Gasteiger partial charge in [-0.05, 0) is 44.7 Å². The van der Waals surface area contributed by atoms with E-state index < -0.39 is 0 Å². The Morgan fingerprint density at radius 2 is 2.38 bits per heavy atom. The molecule has 0 saturated carbocycles. The van der Waals surface area contributed by atoms with Crippen molar-refractivity contribution in [2.45, 2.75) is 38.8 Å². The zero-order valence-electron chi connectivity index (χ0n) is 10.1. The third-order valence-electron chi connectivity index (χ3n) is 3.59. The molecule has 0 aromatic carbocycles. The van der Waals surface area contributed by atoms with E-state index in [1.807, 2.05) is 12.1 Å². The Hall–Kier alpha value is -0.800. The monoisotopic (exact) mass is 223 g/mol. The van der Waals surface area contributed by atoms with Gasteiger partial charge in [-0.25, -0.2) is 0 Å². The summed E-state index contributed by atoms with van der Waals surface area (Å²) in [6.07, 6.45) is 3.80. The number of nitrogens with zero attached hydrogens (tertiary/aromatic N) is 1. The average molecular weight is 223 g/mol. The van der Waals surface area contributed by atoms with Gasteiger partial charge >= 0.3 is 0 Å². The molecular weight excluding hydrogens is 202 g/mol. The van der Waals surface area contributed by atoms with E-state index >= 15 is 0 Å². The summed E-state index contributed by atoms with van der Waals surface area (Å²) in [6.45, 7) is 6.78. The van der Waals surface area contributed by atoms with Crippen LogP contribution in [-0.4, -0.2) is 28.7 Å². The molecule has 0 amide bonds. The van der Waals surface area contributed by atoms with Crippen LogP contribution in [0.5, 0.6) is 0 Å². The molecule has 16 heavy (non-hydrogen) atoms. The number of rotatable bonds is 4. The van der Waals surface area contributed by atoms with Crippen LogP contribution in [0, 0.1) is 5.92 Å². The van der Waals surface area contributed by atoms with Crippen LogP contribution < -0.4 is 0 Å². The Morgan fingerprint density at radius 1 is 1.56 bits per heavy atom. The summed E-state index contributed by atoms with van der Waals surface area (Å²) in [7, 11) is 0. The highest BCUT2D eigenvalue weighted by atomic mass is 16.3. The third kappa shape index (κ3) is 2.47. The molecular formula is C13H21NO2. The number of likely N-dealkylation sites (tertiary alicyclic amines) is 1. The third-order valence-corrected chi connectivity index (χ3v) is 3.59. The zero-order valence-corrected chi connectivity index (χ0v) is 10.1. The van der Waals surface area contributed by atoms with Crippen molar-refractivity contribution >= 4 is 0 Å². The largest absolute Gasteiger partial charge is 0.468 e. The van der Waals surface area contributed by atoms with Gasteiger partial charge in [0.1, 0.15) is 5.76 Å². The topological polar surface area (TPSA) is 36.6 Å². The maximum absolute atomic E-state index is 9.00. The molecule has 2 rings (SSSR count). The van der Waals surface area contributed by atoms with Gasteiger partial charge in [0.15, 0.2) is 0 Å². The fourth-order valence-corrected chi connectivity index (χ4v) is 2.70. The Bertz CT molecular complexity index is 319. The van der Waals surface area contributed by atoms with Gasteiger partial charge in [-0.3, -0.25) is 4.90 Å². The van der Waals surface area contributed by atoms with Crippen LogP contribution in [0.2, 0.25) is 0 Å². The van der Waals surface area contributed by atoms with Gasteiger partial charge in [-0.2, -0.15) is 0 Å². The van der Waals surface area contributed by atoms with Crippen molar-refractivity contribution in [1.82, 2.24) is 4.90 Å². The molecule has 0 spiro atoms. The number of furan rings is 1. The first kappa shape index (κ1) is 11.7. The lowest BCUT2D eigenvalue weighted by Gasteiger charge is -2.30. The Balaban J connectivity index is 1.98. The molecule has 1 fully saturated rings. The average Bonchev–Trinajstić information content (AvgIpc) is 2.77. The zero-order chi connectivity index (χ0) is 11.6. The fraction of sp³-hybridized carbons (Fsp3) is 0.692. The second-order valence-corrected chi connectivity index (χ2v) is 5.35. The van der Waals surface area contributed by atoms with Gasteiger partial charge < -0.3 is 9.52 Å². The molecule has 1 aliphatic rings. The summed E-state index contributed by atoms with van der Waals surface area (Å²) >= 11 is 0. The fourth-order valence-electron chi connectivity index (χ4n) is 2.70. The minimum Gasteiger partial charge on any atom is -0.468 e. The number of aliphatic hydroxyl groups is 1. The summed E-state index contributed by atoms with van der Waals surface area (Å²) in [6, 6.07) is 3.96. The van der Waals surface area contributed by atoms with E-state index in [2.05, 4.69) is 18.7 Å². The first-order valence-corrected chi connectivity index (χ1v) is 6.00. The van der Waals surface area contributed by atoms with E-state index in [9.17, 15) is 0 Å². The van der Waals surface area contributed by atoms with Gasteiger partial charge in [0.05, 0.1) is 12.8 Å². The van der Waals surface area contributed by atoms with Gasteiger partial charge in [-0.15, -0.1) is 0 Å². The molecule has 0 aliphatic carbocycles. The van der Waals surface area contributed by atoms with Crippen LogP contribution >= 0.6 is 0 Å². The summed E-state index contributed by atoms with van der Waals surface area (Å²) in [4.78, 5) is 2.45. The predicted molar refractivity (Wildman–Crippen MR) is 63.0 cm³/mol. The van der Waals surface area contributed by atoms with Gasteiger partial charge in [0.2, 0.25) is 0 Å². The molecule has 1 aromatic rings. The smallest absolute Gasteiger partial charge is 0.117 e. The highest BCUT2D eigenvalue weighted by Crippen LogP contribution is 2.35. The molecule has 1 saturated heterocycles. The van der Waals surface area contributed by atoms with Crippen LogP contribution in [-0.2, 0) is 6.54 Å². The molecule has 1 unspecified atom stereocenters. The highest BCUT2D eigenvalue weighted by Gasteiger charge is 2.37. The summed E-state index contributed by atoms with van der Waals surface area (Å²) in [5.41, 5.74) is 0.215. The highest BCUT2D eigenvalue weighted by molar-refractivity contribution is 5.01. The van der Waals surface area contributed by atoms with Crippen molar-refractivity contribution < 1.29 is 9.52 Å². The molecule has 1 aromatic heterocycles. The number of aliphatic hydroxyl groups excluding tert-OH is 1. The first-order valence-electron chi connectivity index (χ1n) is 6.00. The van der Waals surface area contributed by atoms with Crippen molar-refractivity contribution in [3.63, 3.8) is 0 Å². The minimum absolute atomic E-state index is 0.215. The summed E-state index contributed by atoms with van der Waals surface area (Å²) in [5.74, 6) is 1.65. The quantitative estimate of drug-likeness (QED) is 0.850. The van der Waals surface area contributed by atoms with E-state index in [0.29, 0.717) is 12.5 Å². The molecule has 1 N–H and O–H groups in total. The summed E-state index contributed by atoms with van der Waals surface area (Å²) in [5, 5.41) is 9.00. The Labute approximate surface area is 97.1 Å². The van der Waals surface area contributed by atoms with Crippen LogP contribution in [0.1, 0.15) is 32.4 Å². The van der Waals surface area contributed by atoms with Gasteiger partial charge in [-0.1, -0.05) is 0 Å². The van der Waals surface area contributed by atoms with E-state index in [1.54, 1.807) is 6.26 Å².